The van der Waals surface area contributed by atoms with Crippen LogP contribution in [-0.2, 0) is 0 Å². The van der Waals surface area contributed by atoms with Crippen LogP contribution in [0.5, 0.6) is 0 Å². The number of hydrogen-bond donors (Lipinski definition) is 1. The van der Waals surface area contributed by atoms with E-state index < -0.39 is 0 Å². The molecule has 0 saturated carbocycles. The Labute approximate surface area is 111 Å². The van der Waals surface area contributed by atoms with Gasteiger partial charge in [0.2, 0.25) is 0 Å². The predicted octanol–water partition coefficient (Wildman–Crippen LogP) is 2.66. The number of nitrogens with zero attached hydrogens (tertiary/aromatic N) is 3. The molecule has 1 aromatic heterocycles. The average Bonchev–Trinajstić information content (AvgIpc) is 2.27. The third-order valence-corrected chi connectivity index (χ3v) is 3.04. The molecule has 0 aliphatic heterocycles. The summed E-state index contributed by atoms with van der Waals surface area (Å²) in [4.78, 5) is 11.3. The Morgan fingerprint density at radius 2 is 1.89 bits per heavy atom. The smallest absolute Gasteiger partial charge is 0.133 e. The molecule has 0 bridgehead atoms. The molecule has 0 aromatic carbocycles. The molecule has 0 aliphatic carbocycles. The van der Waals surface area contributed by atoms with Crippen LogP contribution in [0.2, 0.25) is 0 Å². The van der Waals surface area contributed by atoms with Gasteiger partial charge in [-0.3, -0.25) is 0 Å². The van der Waals surface area contributed by atoms with Crippen LogP contribution in [-0.4, -0.2) is 41.0 Å². The van der Waals surface area contributed by atoms with Crippen molar-refractivity contribution >= 4 is 5.82 Å². The number of aryl methyl sites for hydroxylation is 1. The van der Waals surface area contributed by atoms with Crippen molar-refractivity contribution in [3.63, 3.8) is 0 Å². The molecular formula is C14H26N4. The van der Waals surface area contributed by atoms with Gasteiger partial charge in [0.1, 0.15) is 11.6 Å². The van der Waals surface area contributed by atoms with Crippen LogP contribution in [0.1, 0.15) is 45.1 Å². The number of aromatic nitrogens is 2. The highest BCUT2D eigenvalue weighted by atomic mass is 15.1. The van der Waals surface area contributed by atoms with Crippen molar-refractivity contribution in [2.75, 3.05) is 25.5 Å². The molecule has 102 valence electrons. The largest absolute Gasteiger partial charge is 0.369 e. The Morgan fingerprint density at radius 3 is 2.44 bits per heavy atom. The SMILES string of the molecule is Cc1cc(NCCN(C)C(C)C)nc(C(C)C)n1. The van der Waals surface area contributed by atoms with E-state index in [0.29, 0.717) is 12.0 Å². The third-order valence-electron chi connectivity index (χ3n) is 3.04. The van der Waals surface area contributed by atoms with Gasteiger partial charge >= 0.3 is 0 Å². The molecule has 4 nitrogen and oxygen atoms in total. The summed E-state index contributed by atoms with van der Waals surface area (Å²) < 4.78 is 0. The van der Waals surface area contributed by atoms with Crippen molar-refractivity contribution in [1.29, 1.82) is 0 Å². The zero-order valence-electron chi connectivity index (χ0n) is 12.5. The zero-order valence-corrected chi connectivity index (χ0v) is 12.5. The minimum Gasteiger partial charge on any atom is -0.369 e. The fourth-order valence-electron chi connectivity index (χ4n) is 1.56. The number of anilines is 1. The van der Waals surface area contributed by atoms with Crippen molar-refractivity contribution in [3.8, 4) is 0 Å². The molecule has 0 amide bonds. The Balaban J connectivity index is 2.57. The maximum atomic E-state index is 4.53. The summed E-state index contributed by atoms with van der Waals surface area (Å²) in [5, 5.41) is 3.37. The third kappa shape index (κ3) is 4.61. The first kappa shape index (κ1) is 14.9. The average molecular weight is 250 g/mol. The van der Waals surface area contributed by atoms with Crippen molar-refractivity contribution in [2.24, 2.45) is 0 Å². The van der Waals surface area contributed by atoms with Gasteiger partial charge in [-0.1, -0.05) is 13.8 Å². The second kappa shape index (κ2) is 6.69. The van der Waals surface area contributed by atoms with E-state index in [-0.39, 0.29) is 0 Å². The summed E-state index contributed by atoms with van der Waals surface area (Å²) in [5.41, 5.74) is 1.02. The lowest BCUT2D eigenvalue weighted by Crippen LogP contribution is -2.31. The maximum absolute atomic E-state index is 4.53. The van der Waals surface area contributed by atoms with Crippen LogP contribution in [0, 0.1) is 6.92 Å². The molecule has 0 spiro atoms. The molecule has 0 fully saturated rings. The van der Waals surface area contributed by atoms with Crippen molar-refractivity contribution in [3.05, 3.63) is 17.6 Å². The molecule has 18 heavy (non-hydrogen) atoms. The molecule has 4 heteroatoms. The predicted molar refractivity (Wildman–Crippen MR) is 77.1 cm³/mol. The Hall–Kier alpha value is -1.16. The normalized spacial score (nSPS) is 11.6. The summed E-state index contributed by atoms with van der Waals surface area (Å²) >= 11 is 0. The molecule has 0 saturated heterocycles. The highest BCUT2D eigenvalue weighted by Crippen LogP contribution is 2.13. The van der Waals surface area contributed by atoms with Gasteiger partial charge in [-0.25, -0.2) is 9.97 Å². The van der Waals surface area contributed by atoms with Crippen LogP contribution in [0.4, 0.5) is 5.82 Å². The second-order valence-electron chi connectivity index (χ2n) is 5.41. The monoisotopic (exact) mass is 250 g/mol. The second-order valence-corrected chi connectivity index (χ2v) is 5.41. The topological polar surface area (TPSA) is 41.0 Å². The Kier molecular flexibility index (Phi) is 5.54. The molecule has 1 N–H and O–H groups in total. The summed E-state index contributed by atoms with van der Waals surface area (Å²) in [6, 6.07) is 2.58. The van der Waals surface area contributed by atoms with Crippen molar-refractivity contribution in [2.45, 2.75) is 46.6 Å². The summed E-state index contributed by atoms with van der Waals surface area (Å²) in [6.45, 7) is 12.6. The molecule has 0 radical (unpaired) electrons. The lowest BCUT2D eigenvalue weighted by atomic mass is 10.2. The standard InChI is InChI=1S/C14H26N4/c1-10(2)14-16-12(5)9-13(17-14)15-7-8-18(6)11(3)4/h9-11H,7-8H2,1-6H3,(H,15,16,17). The molecular weight excluding hydrogens is 224 g/mol. The van der Waals surface area contributed by atoms with E-state index in [9.17, 15) is 0 Å². The first-order valence-electron chi connectivity index (χ1n) is 6.70. The fourth-order valence-corrected chi connectivity index (χ4v) is 1.56. The van der Waals surface area contributed by atoms with Crippen LogP contribution in [0.15, 0.2) is 6.07 Å². The number of rotatable bonds is 6. The van der Waals surface area contributed by atoms with Crippen LogP contribution in [0.25, 0.3) is 0 Å². The molecule has 0 aliphatic rings. The van der Waals surface area contributed by atoms with Gasteiger partial charge in [-0.2, -0.15) is 0 Å². The Morgan fingerprint density at radius 1 is 1.22 bits per heavy atom. The minimum absolute atomic E-state index is 0.365. The van der Waals surface area contributed by atoms with Gasteiger partial charge in [0, 0.05) is 36.8 Å². The van der Waals surface area contributed by atoms with E-state index in [1.165, 1.54) is 0 Å². The van der Waals surface area contributed by atoms with Gasteiger partial charge in [0.05, 0.1) is 0 Å². The number of hydrogen-bond acceptors (Lipinski definition) is 4. The summed E-state index contributed by atoms with van der Waals surface area (Å²) in [7, 11) is 2.14. The van der Waals surface area contributed by atoms with Gasteiger partial charge in [-0.15, -0.1) is 0 Å². The van der Waals surface area contributed by atoms with E-state index in [2.05, 4.69) is 54.9 Å². The zero-order chi connectivity index (χ0) is 13.7. The number of nitrogens with one attached hydrogen (secondary N) is 1. The van der Waals surface area contributed by atoms with Gasteiger partial charge < -0.3 is 10.2 Å². The quantitative estimate of drug-likeness (QED) is 0.842. The van der Waals surface area contributed by atoms with Gasteiger partial charge in [0.15, 0.2) is 0 Å². The lowest BCUT2D eigenvalue weighted by molar-refractivity contribution is 0.284. The van der Waals surface area contributed by atoms with E-state index in [0.717, 1.165) is 30.4 Å². The van der Waals surface area contributed by atoms with Crippen LogP contribution < -0.4 is 5.32 Å². The van der Waals surface area contributed by atoms with Crippen LogP contribution >= 0.6 is 0 Å². The summed E-state index contributed by atoms with van der Waals surface area (Å²) in [5.74, 6) is 2.21. The molecule has 0 unspecified atom stereocenters. The van der Waals surface area contributed by atoms with E-state index in [4.69, 9.17) is 0 Å². The Bertz CT molecular complexity index is 374. The summed E-state index contributed by atoms with van der Waals surface area (Å²) in [6.07, 6.45) is 0. The van der Waals surface area contributed by atoms with Gasteiger partial charge in [-0.05, 0) is 27.8 Å². The maximum Gasteiger partial charge on any atom is 0.133 e. The molecule has 1 rings (SSSR count). The number of likely N-dealkylation sites (N-methyl/N-ethyl adjacent to an activating group) is 1. The van der Waals surface area contributed by atoms with Crippen molar-refractivity contribution in [1.82, 2.24) is 14.9 Å². The van der Waals surface area contributed by atoms with Crippen LogP contribution in [0.3, 0.4) is 0 Å². The minimum atomic E-state index is 0.365. The van der Waals surface area contributed by atoms with Gasteiger partial charge in [0.25, 0.3) is 0 Å². The highest BCUT2D eigenvalue weighted by molar-refractivity contribution is 5.36. The molecule has 0 atom stereocenters. The highest BCUT2D eigenvalue weighted by Gasteiger charge is 2.06. The fraction of sp³-hybridized carbons (Fsp3) is 0.714. The lowest BCUT2D eigenvalue weighted by Gasteiger charge is -2.21. The first-order valence-corrected chi connectivity index (χ1v) is 6.70. The first-order chi connectivity index (χ1) is 8.40. The van der Waals surface area contributed by atoms with Crippen molar-refractivity contribution < 1.29 is 0 Å². The van der Waals surface area contributed by atoms with E-state index >= 15 is 0 Å². The molecule has 1 heterocycles. The van der Waals surface area contributed by atoms with E-state index in [1.807, 2.05) is 13.0 Å². The van der Waals surface area contributed by atoms with E-state index in [1.54, 1.807) is 0 Å². The molecule has 1 aromatic rings.